The van der Waals surface area contributed by atoms with Gasteiger partial charge in [0.05, 0.1) is 16.7 Å². The van der Waals surface area contributed by atoms with Crippen molar-refractivity contribution in [3.63, 3.8) is 0 Å². The average molecular weight is 803 g/mol. The molecule has 0 aliphatic heterocycles. The molecule has 0 radical (unpaired) electrons. The highest BCUT2D eigenvalue weighted by molar-refractivity contribution is 6.16. The van der Waals surface area contributed by atoms with Crippen LogP contribution in [0.3, 0.4) is 0 Å². The maximum absolute atomic E-state index is 6.64. The van der Waals surface area contributed by atoms with Crippen molar-refractivity contribution in [3.8, 4) is 27.9 Å². The molecule has 0 aliphatic carbocycles. The molecule has 3 heteroatoms. The number of rotatable bonds is 6. The molecule has 63 heavy (non-hydrogen) atoms. The van der Waals surface area contributed by atoms with Gasteiger partial charge in [0.1, 0.15) is 11.2 Å². The van der Waals surface area contributed by atoms with E-state index >= 15 is 0 Å². The van der Waals surface area contributed by atoms with Gasteiger partial charge < -0.3 is 13.9 Å². The van der Waals surface area contributed by atoms with Crippen LogP contribution in [0.15, 0.2) is 235 Å². The minimum Gasteiger partial charge on any atom is -0.455 e. The number of hydrogen-bond acceptors (Lipinski definition) is 2. The van der Waals surface area contributed by atoms with Gasteiger partial charge in [-0.2, -0.15) is 0 Å². The Hall–Kier alpha value is -8.40. The zero-order valence-electron chi connectivity index (χ0n) is 34.2. The van der Waals surface area contributed by atoms with Gasteiger partial charge in [-0.25, -0.2) is 0 Å². The van der Waals surface area contributed by atoms with E-state index in [1.54, 1.807) is 0 Å². The van der Waals surface area contributed by atoms with Crippen molar-refractivity contribution in [2.45, 2.75) is 0 Å². The third-order valence-corrected chi connectivity index (χ3v) is 12.9. The molecule has 0 amide bonds. The Morgan fingerprint density at radius 2 is 0.905 bits per heavy atom. The molecule has 0 aliphatic rings. The first-order valence-corrected chi connectivity index (χ1v) is 21.6. The van der Waals surface area contributed by atoms with Crippen LogP contribution in [0.5, 0.6) is 0 Å². The Kier molecular flexibility index (Phi) is 7.91. The summed E-state index contributed by atoms with van der Waals surface area (Å²) < 4.78 is 9.02. The monoisotopic (exact) mass is 802 g/mol. The van der Waals surface area contributed by atoms with E-state index in [0.717, 1.165) is 66.8 Å². The summed E-state index contributed by atoms with van der Waals surface area (Å²) in [5.74, 6) is 0. The van der Waals surface area contributed by atoms with Gasteiger partial charge in [0.2, 0.25) is 0 Å². The number of hydrogen-bond donors (Lipinski definition) is 0. The van der Waals surface area contributed by atoms with E-state index in [1.165, 1.54) is 54.3 Å². The van der Waals surface area contributed by atoms with Gasteiger partial charge in [0, 0.05) is 49.4 Å². The molecular formula is C60H38N2O. The lowest BCUT2D eigenvalue weighted by molar-refractivity contribution is 0.673. The molecule has 2 heterocycles. The predicted molar refractivity (Wildman–Crippen MR) is 266 cm³/mol. The number of fused-ring (bicyclic) bond motifs is 11. The quantitative estimate of drug-likeness (QED) is 0.156. The molecule has 3 nitrogen and oxygen atoms in total. The summed E-state index contributed by atoms with van der Waals surface area (Å²) in [6.45, 7) is 0. The van der Waals surface area contributed by atoms with Crippen molar-refractivity contribution in [2.75, 3.05) is 4.90 Å². The second-order valence-electron chi connectivity index (χ2n) is 16.5. The summed E-state index contributed by atoms with van der Waals surface area (Å²) in [6, 6.07) is 83.5. The number of furan rings is 1. The Labute approximate surface area is 363 Å². The van der Waals surface area contributed by atoms with E-state index in [4.69, 9.17) is 4.42 Å². The van der Waals surface area contributed by atoms with Gasteiger partial charge in [0.25, 0.3) is 0 Å². The van der Waals surface area contributed by atoms with E-state index in [-0.39, 0.29) is 0 Å². The number of benzene rings is 11. The van der Waals surface area contributed by atoms with Crippen molar-refractivity contribution in [1.82, 2.24) is 4.57 Å². The zero-order chi connectivity index (χ0) is 41.4. The molecule has 0 spiro atoms. The van der Waals surface area contributed by atoms with Crippen molar-refractivity contribution in [2.24, 2.45) is 0 Å². The van der Waals surface area contributed by atoms with Crippen molar-refractivity contribution < 1.29 is 4.42 Å². The molecule has 13 rings (SSSR count). The van der Waals surface area contributed by atoms with Crippen LogP contribution >= 0.6 is 0 Å². The fraction of sp³-hybridized carbons (Fsp3) is 0. The fourth-order valence-electron chi connectivity index (χ4n) is 9.98. The van der Waals surface area contributed by atoms with E-state index in [1.807, 2.05) is 0 Å². The van der Waals surface area contributed by atoms with Gasteiger partial charge in [-0.3, -0.25) is 0 Å². The number of nitrogens with zero attached hydrogens (tertiary/aromatic N) is 2. The molecule has 294 valence electrons. The Morgan fingerprint density at radius 3 is 1.68 bits per heavy atom. The second-order valence-corrected chi connectivity index (χ2v) is 16.5. The van der Waals surface area contributed by atoms with Crippen molar-refractivity contribution in [1.29, 1.82) is 0 Å². The lowest BCUT2D eigenvalue weighted by Crippen LogP contribution is -2.10. The lowest BCUT2D eigenvalue weighted by atomic mass is 9.98. The Morgan fingerprint density at radius 1 is 0.317 bits per heavy atom. The van der Waals surface area contributed by atoms with Crippen LogP contribution in [0.1, 0.15) is 0 Å². The average Bonchev–Trinajstić information content (AvgIpc) is 3.90. The van der Waals surface area contributed by atoms with Crippen LogP contribution in [-0.4, -0.2) is 4.57 Å². The summed E-state index contributed by atoms with van der Waals surface area (Å²) in [4.78, 5) is 2.42. The zero-order valence-corrected chi connectivity index (χ0v) is 34.2. The minimum absolute atomic E-state index is 0.888. The summed E-state index contributed by atoms with van der Waals surface area (Å²) in [5.41, 5.74) is 13.2. The Bertz CT molecular complexity index is 3870. The van der Waals surface area contributed by atoms with Gasteiger partial charge in [0.15, 0.2) is 0 Å². The topological polar surface area (TPSA) is 21.3 Å². The first-order chi connectivity index (χ1) is 31.2. The summed E-state index contributed by atoms with van der Waals surface area (Å²) in [7, 11) is 0. The molecule has 13 aromatic rings. The molecular weight excluding hydrogens is 765 g/mol. The number of aromatic nitrogens is 1. The summed E-state index contributed by atoms with van der Waals surface area (Å²) in [5, 5.41) is 12.0. The molecule has 2 aromatic heterocycles. The van der Waals surface area contributed by atoms with Gasteiger partial charge >= 0.3 is 0 Å². The van der Waals surface area contributed by atoms with E-state index in [0.29, 0.717) is 0 Å². The largest absolute Gasteiger partial charge is 0.455 e. The normalized spacial score (nSPS) is 11.8. The minimum atomic E-state index is 0.888. The molecule has 0 fully saturated rings. The molecule has 0 bridgehead atoms. The Balaban J connectivity index is 0.945. The van der Waals surface area contributed by atoms with Crippen LogP contribution < -0.4 is 4.90 Å². The molecule has 0 atom stereocenters. The van der Waals surface area contributed by atoms with Gasteiger partial charge in [-0.1, -0.05) is 158 Å². The van der Waals surface area contributed by atoms with Crippen LogP contribution in [-0.2, 0) is 0 Å². The maximum atomic E-state index is 6.64. The molecule has 11 aromatic carbocycles. The van der Waals surface area contributed by atoms with Gasteiger partial charge in [-0.15, -0.1) is 0 Å². The predicted octanol–water partition coefficient (Wildman–Crippen LogP) is 16.9. The standard InChI is InChI=1S/C60H38N2O/c1-4-20-49-40(13-1)29-34-55-54-33-30-43(38-59(54)63-60(49)55)42-16-12-17-46(36-42)61(58-37-44-14-2-3-19-48(44)50-21-5-6-22-51(50)58)45-31-27-39(28-32-45)41-15-11-18-47(35-41)62-56-25-9-7-23-52(56)53-24-8-10-26-57(53)62/h1-38H. The first kappa shape index (κ1) is 35.4. The number of anilines is 3. The van der Waals surface area contributed by atoms with Crippen LogP contribution in [0.25, 0.3) is 104 Å². The SMILES string of the molecule is c1cc(-c2ccc3c(c2)oc2c4ccccc4ccc32)cc(N(c2ccc(-c3cccc(-n4c5ccccc5c5ccccc54)c3)cc2)c2cc3ccccc3c3ccccc23)c1. The smallest absolute Gasteiger partial charge is 0.143 e. The van der Waals surface area contributed by atoms with Crippen LogP contribution in [0, 0.1) is 0 Å². The summed E-state index contributed by atoms with van der Waals surface area (Å²) in [6.07, 6.45) is 0. The van der Waals surface area contributed by atoms with E-state index in [9.17, 15) is 0 Å². The third-order valence-electron chi connectivity index (χ3n) is 12.9. The molecule has 0 N–H and O–H groups in total. The highest BCUT2D eigenvalue weighted by Gasteiger charge is 2.20. The van der Waals surface area contributed by atoms with Gasteiger partial charge in [-0.05, 0) is 117 Å². The van der Waals surface area contributed by atoms with Crippen LogP contribution in [0.2, 0.25) is 0 Å². The second kappa shape index (κ2) is 14.1. The van der Waals surface area contributed by atoms with Crippen LogP contribution in [0.4, 0.5) is 17.1 Å². The molecule has 0 saturated heterocycles. The summed E-state index contributed by atoms with van der Waals surface area (Å²) >= 11 is 0. The number of para-hydroxylation sites is 2. The fourth-order valence-corrected chi connectivity index (χ4v) is 9.98. The third kappa shape index (κ3) is 5.67. The van der Waals surface area contributed by atoms with E-state index in [2.05, 4.69) is 240 Å². The highest BCUT2D eigenvalue weighted by Crippen LogP contribution is 2.44. The van der Waals surface area contributed by atoms with E-state index < -0.39 is 0 Å². The lowest BCUT2D eigenvalue weighted by Gasteiger charge is -2.28. The maximum Gasteiger partial charge on any atom is 0.143 e. The molecule has 0 unspecified atom stereocenters. The first-order valence-electron chi connectivity index (χ1n) is 21.6. The highest BCUT2D eigenvalue weighted by atomic mass is 16.3. The molecule has 0 saturated carbocycles. The van der Waals surface area contributed by atoms with Crippen molar-refractivity contribution in [3.05, 3.63) is 231 Å². The van der Waals surface area contributed by atoms with Crippen molar-refractivity contribution >= 4 is 93.1 Å².